The molecule has 382 valence electrons. The third kappa shape index (κ3) is 14.9. The second-order valence-electron chi connectivity index (χ2n) is 19.4. The molecule has 0 radical (unpaired) electrons. The maximum atomic E-state index is 4.90. The van der Waals surface area contributed by atoms with E-state index in [1.165, 1.54) is 92.4 Å². The van der Waals surface area contributed by atoms with Crippen LogP contribution >= 0.6 is 0 Å². The van der Waals surface area contributed by atoms with Gasteiger partial charge in [0.2, 0.25) is 0 Å². The largest absolute Gasteiger partial charge is 0.382 e. The first-order valence-electron chi connectivity index (χ1n) is 27.4. The molecular formula is C62H89N9. The minimum atomic E-state index is 0.452. The van der Waals surface area contributed by atoms with Crippen molar-refractivity contribution in [1.82, 2.24) is 44.4 Å². The van der Waals surface area contributed by atoms with Gasteiger partial charge in [0.1, 0.15) is 5.65 Å². The number of aromatic nitrogens is 7. The van der Waals surface area contributed by atoms with Crippen molar-refractivity contribution >= 4 is 38.9 Å². The maximum Gasteiger partial charge on any atom is 0.138 e. The summed E-state index contributed by atoms with van der Waals surface area (Å²) in [6, 6.07) is 17.8. The molecule has 0 aromatic carbocycles. The molecule has 0 spiro atoms. The molecule has 0 atom stereocenters. The van der Waals surface area contributed by atoms with E-state index in [0.29, 0.717) is 6.04 Å². The second kappa shape index (κ2) is 28.3. The van der Waals surface area contributed by atoms with E-state index in [1.54, 1.807) is 0 Å². The van der Waals surface area contributed by atoms with Crippen molar-refractivity contribution in [2.75, 3.05) is 20.1 Å². The Labute approximate surface area is 428 Å². The topological polar surface area (TPSA) is 91.4 Å². The van der Waals surface area contributed by atoms with Crippen molar-refractivity contribution in [2.24, 2.45) is 11.8 Å². The molecular weight excluding hydrogens is 871 g/mol. The molecule has 7 aromatic heterocycles. The molecule has 2 saturated carbocycles. The van der Waals surface area contributed by atoms with Crippen LogP contribution in [0, 0.1) is 18.8 Å². The van der Waals surface area contributed by atoms with Gasteiger partial charge in [0, 0.05) is 75.1 Å². The standard InChI is InChI=1S/C29H38N4.C22H22N4.C7H17N.2C2H6/c1-6-9-25(10-7-2)31-22(5)28-19-30-33-16-15-24(18-29(28)33)20(3)27-14-13-26(32-21(27)4)17-23-11-8-12-23;1-14(2)19-13-24-26-9-8-16(11-21(19)26)20-12-23-22-18(20)7-6-17(25-22)10-15-4-3-5-15;1-4-6-8(3)7-5-2;2*1-2/h13-16,18-19,23,25,31H,3,5-12,17H2,1-2,4H3;6-9,11-13,15H,1,3-5,10H2,2H3,(H,23,25);4-7H2,1-3H3;2*1-2H3. The van der Waals surface area contributed by atoms with Crippen LogP contribution in [0.5, 0.6) is 0 Å². The number of pyridine rings is 4. The predicted molar refractivity (Wildman–Crippen MR) is 306 cm³/mol. The van der Waals surface area contributed by atoms with E-state index in [-0.39, 0.29) is 0 Å². The number of hydrogen-bond acceptors (Lipinski definition) is 6. The Morgan fingerprint density at radius 3 is 1.83 bits per heavy atom. The Balaban J connectivity index is 0.000000219. The van der Waals surface area contributed by atoms with Crippen molar-refractivity contribution in [2.45, 2.75) is 165 Å². The van der Waals surface area contributed by atoms with Crippen LogP contribution in [0.4, 0.5) is 0 Å². The number of rotatable bonds is 19. The number of aromatic amines is 1. The van der Waals surface area contributed by atoms with E-state index >= 15 is 0 Å². The highest BCUT2D eigenvalue weighted by Crippen LogP contribution is 2.34. The lowest BCUT2D eigenvalue weighted by Crippen LogP contribution is -2.27. The third-order valence-electron chi connectivity index (χ3n) is 13.9. The Morgan fingerprint density at radius 2 is 1.28 bits per heavy atom. The molecule has 0 saturated heterocycles. The lowest BCUT2D eigenvalue weighted by molar-refractivity contribution is 0.312. The summed E-state index contributed by atoms with van der Waals surface area (Å²) in [4.78, 5) is 15.5. The third-order valence-corrected chi connectivity index (χ3v) is 13.9. The van der Waals surface area contributed by atoms with Gasteiger partial charge >= 0.3 is 0 Å². The first-order chi connectivity index (χ1) is 34.5. The number of hydrogen-bond donors (Lipinski definition) is 2. The number of nitrogens with zero attached hydrogens (tertiary/aromatic N) is 7. The minimum Gasteiger partial charge on any atom is -0.382 e. The van der Waals surface area contributed by atoms with Crippen LogP contribution in [-0.4, -0.2) is 65.3 Å². The number of allylic oxidation sites excluding steroid dienone is 1. The fourth-order valence-electron chi connectivity index (χ4n) is 9.65. The normalized spacial score (nSPS) is 13.3. The van der Waals surface area contributed by atoms with Crippen LogP contribution < -0.4 is 5.32 Å². The minimum absolute atomic E-state index is 0.452. The molecule has 0 aliphatic heterocycles. The van der Waals surface area contributed by atoms with Crippen LogP contribution in [0.15, 0.2) is 99.3 Å². The molecule has 0 bridgehead atoms. The zero-order valence-electron chi connectivity index (χ0n) is 45.8. The van der Waals surface area contributed by atoms with Gasteiger partial charge in [0.25, 0.3) is 0 Å². The second-order valence-corrected chi connectivity index (χ2v) is 19.4. The van der Waals surface area contributed by atoms with Crippen LogP contribution in [0.3, 0.4) is 0 Å². The zero-order valence-corrected chi connectivity index (χ0v) is 45.8. The molecule has 7 aromatic rings. The van der Waals surface area contributed by atoms with Crippen LogP contribution in [0.25, 0.3) is 50.0 Å². The Kier molecular flexibility index (Phi) is 22.4. The summed E-state index contributed by atoms with van der Waals surface area (Å²) >= 11 is 0. The molecule has 0 amide bonds. The van der Waals surface area contributed by atoms with Crippen LogP contribution in [0.1, 0.15) is 179 Å². The fraction of sp³-hybridized carbons (Fsp3) is 0.484. The Hall–Kier alpha value is -5.80. The predicted octanol–water partition coefficient (Wildman–Crippen LogP) is 16.0. The van der Waals surface area contributed by atoms with Crippen molar-refractivity contribution < 1.29 is 0 Å². The van der Waals surface area contributed by atoms with Gasteiger partial charge in [0.05, 0.1) is 23.4 Å². The summed E-state index contributed by atoms with van der Waals surface area (Å²) in [6.07, 6.45) is 27.4. The van der Waals surface area contributed by atoms with Crippen LogP contribution in [0.2, 0.25) is 0 Å². The molecule has 9 rings (SSSR count). The quantitative estimate of drug-likeness (QED) is 0.0839. The number of aryl methyl sites for hydroxylation is 1. The fourth-order valence-corrected chi connectivity index (χ4v) is 9.65. The van der Waals surface area contributed by atoms with E-state index in [9.17, 15) is 0 Å². The van der Waals surface area contributed by atoms with E-state index in [2.05, 4.69) is 142 Å². The maximum absolute atomic E-state index is 4.90. The molecule has 9 nitrogen and oxygen atoms in total. The number of fused-ring (bicyclic) bond motifs is 3. The molecule has 2 aliphatic rings. The summed E-state index contributed by atoms with van der Waals surface area (Å²) < 4.78 is 3.82. The summed E-state index contributed by atoms with van der Waals surface area (Å²) in [6.45, 7) is 36.3. The van der Waals surface area contributed by atoms with Gasteiger partial charge in [-0.15, -0.1) is 0 Å². The lowest BCUT2D eigenvalue weighted by atomic mass is 9.82. The van der Waals surface area contributed by atoms with Gasteiger partial charge in [-0.2, -0.15) is 10.2 Å². The molecule has 2 fully saturated rings. The van der Waals surface area contributed by atoms with Crippen LogP contribution in [-0.2, 0) is 12.8 Å². The SMILES string of the molecule is C=C(C)c1cnn2ccc(-c3c[nH]c4nc(CC5CCC5)ccc34)cc12.C=C(c1ccn2ncc(C(=C)NC(CCC)CCC)c2c1)c1ccc(CC2CCC2)nc1C.CC.CC.CCCN(C)CCC. The molecule has 2 N–H and O–H groups in total. The number of nitrogens with one attached hydrogen (secondary N) is 2. The Bertz CT molecular complexity index is 2750. The van der Waals surface area contributed by atoms with Crippen molar-refractivity contribution in [1.29, 1.82) is 0 Å². The van der Waals surface area contributed by atoms with E-state index in [0.717, 1.165) is 112 Å². The monoisotopic (exact) mass is 960 g/mol. The lowest BCUT2D eigenvalue weighted by Gasteiger charge is -2.25. The first-order valence-corrected chi connectivity index (χ1v) is 27.4. The molecule has 71 heavy (non-hydrogen) atoms. The van der Waals surface area contributed by atoms with E-state index in [4.69, 9.17) is 9.97 Å². The highest BCUT2D eigenvalue weighted by Gasteiger charge is 2.21. The van der Waals surface area contributed by atoms with Crippen molar-refractivity contribution in [3.05, 3.63) is 139 Å². The summed E-state index contributed by atoms with van der Waals surface area (Å²) in [5.41, 5.74) is 16.2. The highest BCUT2D eigenvalue weighted by atomic mass is 15.2. The summed E-state index contributed by atoms with van der Waals surface area (Å²) in [5, 5.41) is 13.8. The molecule has 0 unspecified atom stereocenters. The van der Waals surface area contributed by atoms with Gasteiger partial charge in [-0.3, -0.25) is 4.98 Å². The smallest absolute Gasteiger partial charge is 0.138 e. The summed E-state index contributed by atoms with van der Waals surface area (Å²) in [7, 11) is 2.17. The Morgan fingerprint density at radius 1 is 0.718 bits per heavy atom. The molecule has 7 heterocycles. The van der Waals surface area contributed by atoms with Crippen molar-refractivity contribution in [3.63, 3.8) is 0 Å². The summed E-state index contributed by atoms with van der Waals surface area (Å²) in [5.74, 6) is 1.66. The van der Waals surface area contributed by atoms with Gasteiger partial charge < -0.3 is 15.2 Å². The molecule has 2 aliphatic carbocycles. The zero-order chi connectivity index (χ0) is 51.5. The van der Waals surface area contributed by atoms with Gasteiger partial charge in [-0.1, -0.05) is 133 Å². The highest BCUT2D eigenvalue weighted by molar-refractivity contribution is 5.95. The van der Waals surface area contributed by atoms with Crippen molar-refractivity contribution in [3.8, 4) is 11.1 Å². The van der Waals surface area contributed by atoms with E-state index in [1.807, 2.05) is 68.4 Å². The average molecular weight is 960 g/mol. The van der Waals surface area contributed by atoms with Gasteiger partial charge in [-0.25, -0.2) is 14.0 Å². The van der Waals surface area contributed by atoms with E-state index < -0.39 is 0 Å². The first kappa shape index (κ1) is 56.1. The van der Waals surface area contributed by atoms with Gasteiger partial charge in [-0.05, 0) is 149 Å². The number of H-pyrrole nitrogens is 1. The molecule has 9 heteroatoms. The van der Waals surface area contributed by atoms with Gasteiger partial charge in [0.15, 0.2) is 0 Å². The average Bonchev–Trinajstić information content (AvgIpc) is 4.10.